The van der Waals surface area contributed by atoms with E-state index in [1.807, 2.05) is 0 Å². The first kappa shape index (κ1) is 13.3. The Labute approximate surface area is 107 Å². The highest BCUT2D eigenvalue weighted by molar-refractivity contribution is 4.86. The smallest absolute Gasteiger partial charge is 0.0224 e. The van der Waals surface area contributed by atoms with Gasteiger partial charge in [-0.3, -0.25) is 9.80 Å². The van der Waals surface area contributed by atoms with Crippen molar-refractivity contribution in [2.24, 2.45) is 0 Å². The molecule has 0 aromatic carbocycles. The first-order valence-corrected chi connectivity index (χ1v) is 7.49. The van der Waals surface area contributed by atoms with Crippen LogP contribution in [-0.4, -0.2) is 61.2 Å². The average molecular weight is 239 g/mol. The minimum atomic E-state index is 0.688. The van der Waals surface area contributed by atoms with Crippen LogP contribution in [0, 0.1) is 0 Å². The Hall–Kier alpha value is -0.120. The Morgan fingerprint density at radius 1 is 1.29 bits per heavy atom. The van der Waals surface area contributed by atoms with Gasteiger partial charge in [0.1, 0.15) is 0 Å². The molecule has 2 aliphatic rings. The molecule has 100 valence electrons. The molecule has 17 heavy (non-hydrogen) atoms. The van der Waals surface area contributed by atoms with Crippen LogP contribution in [0.5, 0.6) is 0 Å². The molecule has 0 aromatic heterocycles. The average Bonchev–Trinajstić information content (AvgIpc) is 2.76. The highest BCUT2D eigenvalue weighted by Gasteiger charge is 2.29. The fraction of sp³-hybridized carbons (Fsp3) is 1.00. The molecule has 2 fully saturated rings. The molecular weight excluding hydrogens is 210 g/mol. The second kappa shape index (κ2) is 6.72. The van der Waals surface area contributed by atoms with Gasteiger partial charge in [-0.2, -0.15) is 0 Å². The summed E-state index contributed by atoms with van der Waals surface area (Å²) < 4.78 is 0. The summed E-state index contributed by atoms with van der Waals surface area (Å²) in [5.41, 5.74) is 0. The normalized spacial score (nSPS) is 28.2. The monoisotopic (exact) mass is 239 g/mol. The van der Waals surface area contributed by atoms with Crippen molar-refractivity contribution in [1.29, 1.82) is 0 Å². The second-order valence-electron chi connectivity index (χ2n) is 5.78. The summed E-state index contributed by atoms with van der Waals surface area (Å²) in [7, 11) is 0. The van der Waals surface area contributed by atoms with Crippen molar-refractivity contribution >= 4 is 0 Å². The van der Waals surface area contributed by atoms with Crippen LogP contribution in [0.3, 0.4) is 0 Å². The van der Waals surface area contributed by atoms with E-state index in [0.29, 0.717) is 6.04 Å². The Balaban J connectivity index is 1.60. The van der Waals surface area contributed by atoms with Crippen LogP contribution >= 0.6 is 0 Å². The fourth-order valence-electron chi connectivity index (χ4n) is 3.26. The lowest BCUT2D eigenvalue weighted by atomic mass is 10.1. The number of fused-ring (bicyclic) bond motifs is 1. The lowest BCUT2D eigenvalue weighted by molar-refractivity contribution is 0.105. The van der Waals surface area contributed by atoms with Crippen molar-refractivity contribution in [2.75, 3.05) is 39.3 Å². The molecule has 0 spiro atoms. The van der Waals surface area contributed by atoms with E-state index in [1.165, 1.54) is 58.4 Å². The Morgan fingerprint density at radius 2 is 2.18 bits per heavy atom. The molecule has 0 bridgehead atoms. The van der Waals surface area contributed by atoms with Gasteiger partial charge < -0.3 is 5.32 Å². The molecule has 2 atom stereocenters. The van der Waals surface area contributed by atoms with Crippen molar-refractivity contribution in [3.63, 3.8) is 0 Å². The molecule has 2 aliphatic heterocycles. The minimum Gasteiger partial charge on any atom is -0.313 e. The lowest BCUT2D eigenvalue weighted by Crippen LogP contribution is -2.51. The molecule has 0 aromatic rings. The summed E-state index contributed by atoms with van der Waals surface area (Å²) in [5, 5.41) is 3.64. The van der Waals surface area contributed by atoms with Crippen LogP contribution in [0.4, 0.5) is 0 Å². The zero-order valence-corrected chi connectivity index (χ0v) is 11.6. The Kier molecular flexibility index (Phi) is 5.26. The van der Waals surface area contributed by atoms with Gasteiger partial charge in [0.2, 0.25) is 0 Å². The molecule has 2 unspecified atom stereocenters. The third-order valence-electron chi connectivity index (χ3n) is 4.31. The van der Waals surface area contributed by atoms with Crippen molar-refractivity contribution < 1.29 is 0 Å². The van der Waals surface area contributed by atoms with Gasteiger partial charge in [-0.05, 0) is 32.7 Å². The summed E-state index contributed by atoms with van der Waals surface area (Å²) in [4.78, 5) is 5.34. The first-order valence-electron chi connectivity index (χ1n) is 7.49. The van der Waals surface area contributed by atoms with Crippen molar-refractivity contribution in [1.82, 2.24) is 15.1 Å². The number of hydrogen-bond acceptors (Lipinski definition) is 3. The van der Waals surface area contributed by atoms with Gasteiger partial charge in [-0.15, -0.1) is 0 Å². The molecule has 0 aliphatic carbocycles. The van der Waals surface area contributed by atoms with E-state index >= 15 is 0 Å². The predicted molar refractivity (Wildman–Crippen MR) is 73.4 cm³/mol. The molecule has 2 heterocycles. The molecule has 2 rings (SSSR count). The third kappa shape index (κ3) is 3.94. The number of rotatable bonds is 6. The topological polar surface area (TPSA) is 18.5 Å². The van der Waals surface area contributed by atoms with E-state index in [1.54, 1.807) is 0 Å². The molecule has 1 N–H and O–H groups in total. The number of nitrogens with one attached hydrogen (secondary N) is 1. The predicted octanol–water partition coefficient (Wildman–Crippen LogP) is 1.54. The SMILES string of the molecule is CCCC(C)NCCN1CCN2CCCC2C1. The summed E-state index contributed by atoms with van der Waals surface area (Å²) in [6.45, 7) is 12.2. The van der Waals surface area contributed by atoms with Gasteiger partial charge in [-0.25, -0.2) is 0 Å². The van der Waals surface area contributed by atoms with Crippen LogP contribution in [0.25, 0.3) is 0 Å². The van der Waals surface area contributed by atoms with Gasteiger partial charge in [-0.1, -0.05) is 13.3 Å². The zero-order valence-electron chi connectivity index (χ0n) is 11.6. The molecule has 3 nitrogen and oxygen atoms in total. The first-order chi connectivity index (χ1) is 8.29. The van der Waals surface area contributed by atoms with E-state index in [0.717, 1.165) is 12.6 Å². The van der Waals surface area contributed by atoms with Gasteiger partial charge in [0.25, 0.3) is 0 Å². The van der Waals surface area contributed by atoms with Crippen LogP contribution in [0.1, 0.15) is 39.5 Å². The quantitative estimate of drug-likeness (QED) is 0.758. The van der Waals surface area contributed by atoms with Gasteiger partial charge in [0.05, 0.1) is 0 Å². The van der Waals surface area contributed by atoms with Crippen LogP contribution in [-0.2, 0) is 0 Å². The highest BCUT2D eigenvalue weighted by atomic mass is 15.3. The number of nitrogens with zero attached hydrogens (tertiary/aromatic N) is 2. The maximum absolute atomic E-state index is 3.64. The molecule has 0 radical (unpaired) electrons. The van der Waals surface area contributed by atoms with Gasteiger partial charge in [0.15, 0.2) is 0 Å². The summed E-state index contributed by atoms with van der Waals surface area (Å²) >= 11 is 0. The van der Waals surface area contributed by atoms with Crippen molar-refractivity contribution in [3.8, 4) is 0 Å². The fourth-order valence-corrected chi connectivity index (χ4v) is 3.26. The van der Waals surface area contributed by atoms with Gasteiger partial charge >= 0.3 is 0 Å². The van der Waals surface area contributed by atoms with Crippen molar-refractivity contribution in [2.45, 2.75) is 51.6 Å². The summed E-state index contributed by atoms with van der Waals surface area (Å²) in [5.74, 6) is 0. The summed E-state index contributed by atoms with van der Waals surface area (Å²) in [6, 6.07) is 1.56. The minimum absolute atomic E-state index is 0.688. The maximum Gasteiger partial charge on any atom is 0.0224 e. The van der Waals surface area contributed by atoms with E-state index in [9.17, 15) is 0 Å². The largest absolute Gasteiger partial charge is 0.313 e. The molecular formula is C14H29N3. The lowest BCUT2D eigenvalue weighted by Gasteiger charge is -2.37. The maximum atomic E-state index is 3.64. The van der Waals surface area contributed by atoms with E-state index in [4.69, 9.17) is 0 Å². The van der Waals surface area contributed by atoms with E-state index in [2.05, 4.69) is 29.0 Å². The molecule has 0 saturated carbocycles. The summed E-state index contributed by atoms with van der Waals surface area (Å²) in [6.07, 6.45) is 5.44. The molecule has 2 saturated heterocycles. The Bertz CT molecular complexity index is 220. The van der Waals surface area contributed by atoms with Crippen LogP contribution in [0.15, 0.2) is 0 Å². The third-order valence-corrected chi connectivity index (χ3v) is 4.31. The molecule has 0 amide bonds. The number of hydrogen-bond donors (Lipinski definition) is 1. The zero-order chi connectivity index (χ0) is 12.1. The number of piperazine rings is 1. The van der Waals surface area contributed by atoms with Crippen LogP contribution < -0.4 is 5.32 Å². The van der Waals surface area contributed by atoms with E-state index in [-0.39, 0.29) is 0 Å². The standard InChI is InChI=1S/C14H29N3/c1-3-5-13(2)15-7-9-16-10-11-17-8-4-6-14(17)12-16/h13-15H,3-12H2,1-2H3. The second-order valence-corrected chi connectivity index (χ2v) is 5.78. The molecule has 3 heteroatoms. The van der Waals surface area contributed by atoms with Gasteiger partial charge in [0, 0.05) is 44.8 Å². The Morgan fingerprint density at radius 3 is 3.00 bits per heavy atom. The van der Waals surface area contributed by atoms with Crippen LogP contribution in [0.2, 0.25) is 0 Å². The highest BCUT2D eigenvalue weighted by Crippen LogP contribution is 2.20. The van der Waals surface area contributed by atoms with E-state index < -0.39 is 0 Å². The van der Waals surface area contributed by atoms with Crippen molar-refractivity contribution in [3.05, 3.63) is 0 Å².